The Labute approximate surface area is 219 Å². The van der Waals surface area contributed by atoms with Crippen molar-refractivity contribution in [2.45, 2.75) is 43.7 Å². The molecule has 1 atom stereocenters. The number of nitrogens with zero attached hydrogens (tertiary/aromatic N) is 2. The van der Waals surface area contributed by atoms with Crippen LogP contribution in [0.25, 0.3) is 0 Å². The van der Waals surface area contributed by atoms with Crippen LogP contribution in [0.1, 0.15) is 69.5 Å². The third kappa shape index (κ3) is 4.84. The van der Waals surface area contributed by atoms with Gasteiger partial charge in [-0.2, -0.15) is 8.42 Å². The number of phenols is 1. The van der Waals surface area contributed by atoms with Crippen molar-refractivity contribution in [1.29, 1.82) is 0 Å². The lowest BCUT2D eigenvalue weighted by Crippen LogP contribution is -2.34. The first kappa shape index (κ1) is 27.5. The number of benzene rings is 2. The van der Waals surface area contributed by atoms with Gasteiger partial charge >= 0.3 is 10.2 Å². The van der Waals surface area contributed by atoms with Crippen molar-refractivity contribution in [3.05, 3.63) is 58.4 Å². The number of amides is 2. The molecule has 1 aliphatic carbocycles. The quantitative estimate of drug-likeness (QED) is 0.375. The van der Waals surface area contributed by atoms with E-state index in [9.17, 15) is 33.0 Å². The smallest absolute Gasteiger partial charge is 0.326 e. The van der Waals surface area contributed by atoms with Crippen molar-refractivity contribution in [1.82, 2.24) is 9.62 Å². The van der Waals surface area contributed by atoms with E-state index in [1.807, 2.05) is 19.0 Å². The fourth-order valence-electron chi connectivity index (χ4n) is 5.28. The van der Waals surface area contributed by atoms with E-state index in [0.29, 0.717) is 30.0 Å². The van der Waals surface area contributed by atoms with Gasteiger partial charge in [-0.1, -0.05) is 30.3 Å². The number of anilines is 1. The van der Waals surface area contributed by atoms with Crippen LogP contribution in [0.3, 0.4) is 0 Å². The van der Waals surface area contributed by atoms with Gasteiger partial charge in [-0.25, -0.2) is 13.4 Å². The molecule has 2 aromatic carbocycles. The third-order valence-corrected chi connectivity index (χ3v) is 8.57. The van der Waals surface area contributed by atoms with Crippen LogP contribution >= 0.6 is 0 Å². The lowest BCUT2D eigenvalue weighted by atomic mass is 9.76. The third-order valence-electron chi connectivity index (χ3n) is 7.19. The van der Waals surface area contributed by atoms with Crippen LogP contribution in [0.2, 0.25) is 0 Å². The zero-order valence-electron chi connectivity index (χ0n) is 20.8. The molecule has 2 amide bonds. The Hall–Kier alpha value is -3.55. The minimum absolute atomic E-state index is 0.163. The SMILES string of the molecule is CN(C)C1CCC(c2c(O)c(N3CC(=O)NS3(=O)=O)c(F)c(C(N)=O)c2C(=O)C(O)c2ccccc2)CC1. The molecule has 11 nitrogen and oxygen atoms in total. The Bertz CT molecular complexity index is 1390. The van der Waals surface area contributed by atoms with Gasteiger partial charge in [-0.3, -0.25) is 14.4 Å². The topological polar surface area (TPSA) is 170 Å². The molecule has 1 saturated carbocycles. The Morgan fingerprint density at radius 1 is 1.13 bits per heavy atom. The number of hydrogen-bond acceptors (Lipinski definition) is 8. The second-order valence-corrected chi connectivity index (χ2v) is 11.3. The van der Waals surface area contributed by atoms with Gasteiger partial charge in [-0.05, 0) is 51.3 Å². The first-order valence-corrected chi connectivity index (χ1v) is 13.4. The fourth-order valence-corrected chi connectivity index (χ4v) is 6.43. The van der Waals surface area contributed by atoms with Gasteiger partial charge in [0.1, 0.15) is 24.1 Å². The van der Waals surface area contributed by atoms with Crippen LogP contribution in [0.5, 0.6) is 5.75 Å². The number of phenolic OH excluding ortho intramolecular Hbond substituents is 1. The van der Waals surface area contributed by atoms with Crippen molar-refractivity contribution in [2.24, 2.45) is 5.73 Å². The number of hydrogen-bond donors (Lipinski definition) is 4. The minimum atomic E-state index is -4.60. The molecule has 1 saturated heterocycles. The summed E-state index contributed by atoms with van der Waals surface area (Å²) >= 11 is 0. The number of carbonyl (C=O) groups excluding carboxylic acids is 3. The number of carbonyl (C=O) groups is 3. The summed E-state index contributed by atoms with van der Waals surface area (Å²) in [4.78, 5) is 40.2. The highest BCUT2D eigenvalue weighted by atomic mass is 32.2. The summed E-state index contributed by atoms with van der Waals surface area (Å²) in [6, 6.07) is 7.94. The van der Waals surface area contributed by atoms with Crippen molar-refractivity contribution in [2.75, 3.05) is 24.9 Å². The fraction of sp³-hybridized carbons (Fsp3) is 0.400. The molecule has 2 aromatic rings. The standard InChI is InChI=1S/C25H29FN4O7S/c1-29(2)15-10-8-13(9-11-15)17-18(24(34)22(32)14-6-4-3-5-7-14)19(25(27)35)20(26)21(23(17)33)30-12-16(31)28-38(30,36)37/h3-7,13,15,22,32-33H,8-12H2,1-2H3,(H2,27,35)(H,28,31). The Balaban J connectivity index is 1.98. The molecule has 1 heterocycles. The molecule has 2 aliphatic rings. The van der Waals surface area contributed by atoms with Crippen molar-refractivity contribution in [3.8, 4) is 5.75 Å². The lowest BCUT2D eigenvalue weighted by molar-refractivity contribution is -0.117. The second-order valence-electron chi connectivity index (χ2n) is 9.72. The first-order valence-electron chi connectivity index (χ1n) is 12.0. The van der Waals surface area contributed by atoms with Crippen LogP contribution in [0.15, 0.2) is 30.3 Å². The van der Waals surface area contributed by atoms with E-state index < -0.39 is 74.8 Å². The van der Waals surface area contributed by atoms with Crippen LogP contribution in [-0.4, -0.2) is 67.8 Å². The van der Waals surface area contributed by atoms with E-state index in [-0.39, 0.29) is 17.2 Å². The van der Waals surface area contributed by atoms with Crippen LogP contribution in [-0.2, 0) is 15.0 Å². The summed E-state index contributed by atoms with van der Waals surface area (Å²) in [5.74, 6) is -6.52. The molecule has 0 aromatic heterocycles. The average molecular weight is 549 g/mol. The van der Waals surface area contributed by atoms with Gasteiger partial charge < -0.3 is 20.8 Å². The molecule has 0 radical (unpaired) electrons. The zero-order valence-corrected chi connectivity index (χ0v) is 21.7. The molecule has 2 fully saturated rings. The van der Waals surface area contributed by atoms with E-state index in [0.717, 1.165) is 0 Å². The number of nitrogens with two attached hydrogens (primary N) is 1. The number of halogens is 1. The van der Waals surface area contributed by atoms with Gasteiger partial charge in [0, 0.05) is 17.2 Å². The molecule has 4 rings (SSSR count). The summed E-state index contributed by atoms with van der Waals surface area (Å²) in [7, 11) is -0.768. The number of ketones is 1. The van der Waals surface area contributed by atoms with E-state index in [4.69, 9.17) is 5.73 Å². The van der Waals surface area contributed by atoms with Gasteiger partial charge in [-0.15, -0.1) is 0 Å². The molecule has 0 spiro atoms. The molecule has 1 unspecified atom stereocenters. The number of aliphatic hydroxyl groups is 1. The average Bonchev–Trinajstić information content (AvgIpc) is 3.14. The Morgan fingerprint density at radius 2 is 1.74 bits per heavy atom. The predicted octanol–water partition coefficient (Wildman–Crippen LogP) is 1.32. The normalized spacial score (nSPS) is 21.8. The molecular formula is C25H29FN4O7S. The zero-order chi connectivity index (χ0) is 27.9. The number of Topliss-reactive ketones (excluding diaryl/α,β-unsaturated/α-hetero) is 1. The maximum Gasteiger partial charge on any atom is 0.326 e. The van der Waals surface area contributed by atoms with Crippen molar-refractivity contribution < 1.29 is 37.4 Å². The maximum absolute atomic E-state index is 16.0. The molecule has 204 valence electrons. The predicted molar refractivity (Wildman–Crippen MR) is 135 cm³/mol. The number of nitrogens with one attached hydrogen (secondary N) is 1. The highest BCUT2D eigenvalue weighted by molar-refractivity contribution is 7.92. The van der Waals surface area contributed by atoms with Gasteiger partial charge in [0.2, 0.25) is 0 Å². The van der Waals surface area contributed by atoms with E-state index in [2.05, 4.69) is 0 Å². The van der Waals surface area contributed by atoms with Crippen LogP contribution < -0.4 is 14.8 Å². The first-order chi connectivity index (χ1) is 17.8. The highest BCUT2D eigenvalue weighted by Gasteiger charge is 2.43. The Kier molecular flexibility index (Phi) is 7.46. The molecule has 1 aliphatic heterocycles. The van der Waals surface area contributed by atoms with Gasteiger partial charge in [0.05, 0.1) is 5.56 Å². The Morgan fingerprint density at radius 3 is 2.24 bits per heavy atom. The van der Waals surface area contributed by atoms with Gasteiger partial charge in [0.25, 0.3) is 11.8 Å². The van der Waals surface area contributed by atoms with Crippen LogP contribution in [0, 0.1) is 5.82 Å². The number of aromatic hydroxyl groups is 1. The maximum atomic E-state index is 16.0. The minimum Gasteiger partial charge on any atom is -0.505 e. The molecule has 5 N–H and O–H groups in total. The second kappa shape index (κ2) is 10.3. The van der Waals surface area contributed by atoms with Gasteiger partial charge in [0.15, 0.2) is 11.6 Å². The highest BCUT2D eigenvalue weighted by Crippen LogP contribution is 2.48. The van der Waals surface area contributed by atoms with Crippen molar-refractivity contribution in [3.63, 3.8) is 0 Å². The summed E-state index contributed by atoms with van der Waals surface area (Å²) in [5, 5.41) is 22.3. The van der Waals surface area contributed by atoms with Crippen molar-refractivity contribution >= 4 is 33.5 Å². The number of rotatable bonds is 7. The summed E-state index contributed by atoms with van der Waals surface area (Å²) in [6.07, 6.45) is 0.255. The summed E-state index contributed by atoms with van der Waals surface area (Å²) < 4.78 is 43.1. The summed E-state index contributed by atoms with van der Waals surface area (Å²) in [6.45, 7) is -0.849. The summed E-state index contributed by atoms with van der Waals surface area (Å²) in [5.41, 5.74) is 2.98. The molecule has 13 heteroatoms. The monoisotopic (exact) mass is 548 g/mol. The van der Waals surface area contributed by atoms with E-state index >= 15 is 4.39 Å². The number of aliphatic hydroxyl groups excluding tert-OH is 1. The number of primary amides is 1. The molecular weight excluding hydrogens is 519 g/mol. The molecule has 38 heavy (non-hydrogen) atoms. The lowest BCUT2D eigenvalue weighted by Gasteiger charge is -2.35. The van der Waals surface area contributed by atoms with E-state index in [1.54, 1.807) is 22.9 Å². The van der Waals surface area contributed by atoms with E-state index in [1.165, 1.54) is 12.1 Å². The van der Waals surface area contributed by atoms with Crippen LogP contribution in [0.4, 0.5) is 10.1 Å². The molecule has 0 bridgehead atoms. The largest absolute Gasteiger partial charge is 0.505 e.